The highest BCUT2D eigenvalue weighted by Crippen LogP contribution is 2.23. The van der Waals surface area contributed by atoms with Gasteiger partial charge in [-0.1, -0.05) is 49.1 Å². The zero-order chi connectivity index (χ0) is 11.5. The summed E-state index contributed by atoms with van der Waals surface area (Å²) in [6, 6.07) is 9.51. The average molecular weight is 214 g/mol. The van der Waals surface area contributed by atoms with Crippen molar-refractivity contribution in [2.45, 2.75) is 0 Å². The third kappa shape index (κ3) is 1.93. The molecule has 1 atom stereocenters. The Bertz CT molecular complexity index is 471. The molecule has 80 valence electrons. The van der Waals surface area contributed by atoms with Crippen molar-refractivity contribution in [1.82, 2.24) is 0 Å². The first kappa shape index (κ1) is 10.4. The summed E-state index contributed by atoms with van der Waals surface area (Å²) in [5.41, 5.74) is 1.15. The molecule has 1 aromatic rings. The zero-order valence-electron chi connectivity index (χ0n) is 8.55. The number of benzene rings is 1. The van der Waals surface area contributed by atoms with Crippen LogP contribution in [0.4, 0.5) is 0 Å². The molecule has 2 rings (SSSR count). The van der Waals surface area contributed by atoms with E-state index in [0.29, 0.717) is 0 Å². The van der Waals surface area contributed by atoms with E-state index in [1.807, 2.05) is 30.3 Å². The lowest BCUT2D eigenvalue weighted by Gasteiger charge is -1.97. The smallest absolute Gasteiger partial charge is 0.342 e. The van der Waals surface area contributed by atoms with Crippen LogP contribution in [-0.2, 0) is 14.3 Å². The van der Waals surface area contributed by atoms with Crippen molar-refractivity contribution < 1.29 is 14.3 Å². The van der Waals surface area contributed by atoms with Gasteiger partial charge in [0.05, 0.1) is 0 Å². The molecule has 0 amide bonds. The molecule has 1 fully saturated rings. The summed E-state index contributed by atoms with van der Waals surface area (Å²) in [4.78, 5) is 22.3. The second kappa shape index (κ2) is 4.14. The second-order valence-corrected chi connectivity index (χ2v) is 3.48. The van der Waals surface area contributed by atoms with Crippen LogP contribution in [0.5, 0.6) is 0 Å². The molecule has 3 heteroatoms. The van der Waals surface area contributed by atoms with Gasteiger partial charge in [-0.2, -0.15) is 0 Å². The molecule has 1 aliphatic rings. The van der Waals surface area contributed by atoms with Crippen molar-refractivity contribution in [3.63, 3.8) is 0 Å². The molecule has 0 aliphatic carbocycles. The molecule has 1 heterocycles. The van der Waals surface area contributed by atoms with Crippen molar-refractivity contribution in [3.05, 3.63) is 54.1 Å². The molecular weight excluding hydrogens is 204 g/mol. The highest BCUT2D eigenvalue weighted by molar-refractivity contribution is 6.08. The number of carbonyl (C=O) groups excluding carboxylic acids is 2. The first-order chi connectivity index (χ1) is 7.68. The lowest BCUT2D eigenvalue weighted by atomic mass is 10.0. The Balaban J connectivity index is 2.16. The topological polar surface area (TPSA) is 43.4 Å². The van der Waals surface area contributed by atoms with Crippen LogP contribution in [0.2, 0.25) is 0 Å². The Labute approximate surface area is 93.0 Å². The van der Waals surface area contributed by atoms with Crippen LogP contribution in [0.3, 0.4) is 0 Å². The van der Waals surface area contributed by atoms with Gasteiger partial charge in [0.1, 0.15) is 5.92 Å². The summed E-state index contributed by atoms with van der Waals surface area (Å²) in [6.07, 6.45) is 3.40. The van der Waals surface area contributed by atoms with E-state index in [1.165, 1.54) is 0 Å². The summed E-state index contributed by atoms with van der Waals surface area (Å²) < 4.78 is 4.45. The van der Waals surface area contributed by atoms with Crippen molar-refractivity contribution in [1.29, 1.82) is 0 Å². The van der Waals surface area contributed by atoms with Gasteiger partial charge in [0.25, 0.3) is 0 Å². The Kier molecular flexibility index (Phi) is 2.68. The van der Waals surface area contributed by atoms with Crippen LogP contribution in [-0.4, -0.2) is 11.9 Å². The highest BCUT2D eigenvalue weighted by Gasteiger charge is 2.35. The molecule has 0 aromatic heterocycles. The van der Waals surface area contributed by atoms with Gasteiger partial charge >= 0.3 is 11.9 Å². The quantitative estimate of drug-likeness (QED) is 0.429. The van der Waals surface area contributed by atoms with Crippen molar-refractivity contribution >= 4 is 18.0 Å². The van der Waals surface area contributed by atoms with Gasteiger partial charge in [0.15, 0.2) is 0 Å². The monoisotopic (exact) mass is 214 g/mol. The first-order valence-corrected chi connectivity index (χ1v) is 4.86. The van der Waals surface area contributed by atoms with E-state index in [9.17, 15) is 9.59 Å². The van der Waals surface area contributed by atoms with E-state index in [0.717, 1.165) is 5.56 Å². The molecule has 16 heavy (non-hydrogen) atoms. The van der Waals surface area contributed by atoms with E-state index < -0.39 is 17.9 Å². The Morgan fingerprint density at radius 2 is 1.88 bits per heavy atom. The maximum absolute atomic E-state index is 11.3. The Hall–Kier alpha value is -2.16. The van der Waals surface area contributed by atoms with E-state index in [1.54, 1.807) is 12.2 Å². The summed E-state index contributed by atoms with van der Waals surface area (Å²) in [6.45, 7) is 3.53. The van der Waals surface area contributed by atoms with Crippen molar-refractivity contribution in [2.24, 2.45) is 5.92 Å². The predicted octanol–water partition coefficient (Wildman–Crippen LogP) is 1.96. The normalized spacial score (nSPS) is 20.5. The van der Waals surface area contributed by atoms with Crippen LogP contribution < -0.4 is 0 Å². The van der Waals surface area contributed by atoms with Crippen LogP contribution in [0.15, 0.2) is 48.6 Å². The van der Waals surface area contributed by atoms with Gasteiger partial charge in [-0.15, -0.1) is 0 Å². The van der Waals surface area contributed by atoms with Gasteiger partial charge < -0.3 is 4.74 Å². The minimum atomic E-state index is -0.646. The molecule has 1 unspecified atom stereocenters. The van der Waals surface area contributed by atoms with Crippen LogP contribution in [0.1, 0.15) is 5.56 Å². The fraction of sp³-hybridized carbons (Fsp3) is 0.0769. The molecular formula is C13H10O3. The zero-order valence-corrected chi connectivity index (χ0v) is 8.55. The summed E-state index contributed by atoms with van der Waals surface area (Å²) in [5.74, 6) is -1.83. The summed E-state index contributed by atoms with van der Waals surface area (Å²) in [7, 11) is 0. The van der Waals surface area contributed by atoms with Crippen molar-refractivity contribution in [3.8, 4) is 0 Å². The lowest BCUT2D eigenvalue weighted by Crippen LogP contribution is -2.04. The van der Waals surface area contributed by atoms with Crippen molar-refractivity contribution in [2.75, 3.05) is 0 Å². The molecule has 1 aromatic carbocycles. The highest BCUT2D eigenvalue weighted by atomic mass is 16.6. The SMILES string of the molecule is C=C1C(=O)OC(=O)C1C=Cc1ccccc1. The molecule has 0 saturated carbocycles. The number of hydrogen-bond donors (Lipinski definition) is 0. The van der Waals surface area contributed by atoms with Crippen LogP contribution >= 0.6 is 0 Å². The van der Waals surface area contributed by atoms with Crippen LogP contribution in [0.25, 0.3) is 6.08 Å². The number of cyclic esters (lactones) is 2. The van der Waals surface area contributed by atoms with Gasteiger partial charge in [0.2, 0.25) is 0 Å². The number of esters is 2. The second-order valence-electron chi connectivity index (χ2n) is 3.48. The third-order valence-corrected chi connectivity index (χ3v) is 2.37. The largest absolute Gasteiger partial charge is 0.389 e. The van der Waals surface area contributed by atoms with E-state index in [2.05, 4.69) is 11.3 Å². The molecule has 3 nitrogen and oxygen atoms in total. The lowest BCUT2D eigenvalue weighted by molar-refractivity contribution is -0.152. The fourth-order valence-corrected chi connectivity index (χ4v) is 1.46. The molecule has 0 bridgehead atoms. The number of hydrogen-bond acceptors (Lipinski definition) is 3. The van der Waals surface area contributed by atoms with Crippen LogP contribution in [0, 0.1) is 5.92 Å². The average Bonchev–Trinajstić information content (AvgIpc) is 2.53. The molecule has 1 saturated heterocycles. The maximum Gasteiger partial charge on any atom is 0.342 e. The number of rotatable bonds is 2. The number of carbonyl (C=O) groups is 2. The fourth-order valence-electron chi connectivity index (χ4n) is 1.46. The summed E-state index contributed by atoms with van der Waals surface area (Å²) >= 11 is 0. The van der Waals surface area contributed by atoms with Gasteiger partial charge in [0, 0.05) is 5.57 Å². The van der Waals surface area contributed by atoms with Gasteiger partial charge in [-0.05, 0) is 5.56 Å². The molecule has 0 N–H and O–H groups in total. The molecule has 1 aliphatic heterocycles. The standard InChI is InChI=1S/C13H10O3/c1-9-11(13(15)16-12(9)14)8-7-10-5-3-2-4-6-10/h2-8,11H,1H2. The third-order valence-electron chi connectivity index (χ3n) is 2.37. The number of ether oxygens (including phenoxy) is 1. The van der Waals surface area contributed by atoms with E-state index >= 15 is 0 Å². The molecule has 0 radical (unpaired) electrons. The first-order valence-electron chi connectivity index (χ1n) is 4.86. The Morgan fingerprint density at radius 1 is 1.19 bits per heavy atom. The van der Waals surface area contributed by atoms with Gasteiger partial charge in [-0.25, -0.2) is 4.79 Å². The summed E-state index contributed by atoms with van der Waals surface area (Å²) in [5, 5.41) is 0. The van der Waals surface area contributed by atoms with Gasteiger partial charge in [-0.3, -0.25) is 4.79 Å². The predicted molar refractivity (Wildman–Crippen MR) is 59.2 cm³/mol. The van der Waals surface area contributed by atoms with E-state index in [4.69, 9.17) is 0 Å². The maximum atomic E-state index is 11.3. The molecule has 0 spiro atoms. The minimum Gasteiger partial charge on any atom is -0.389 e. The van der Waals surface area contributed by atoms with E-state index in [-0.39, 0.29) is 5.57 Å². The minimum absolute atomic E-state index is 0.192. The Morgan fingerprint density at radius 3 is 2.44 bits per heavy atom.